The second-order valence-corrected chi connectivity index (χ2v) is 3.09. The predicted molar refractivity (Wildman–Crippen MR) is 41.9 cm³/mol. The molecule has 0 aromatic heterocycles. The summed E-state index contributed by atoms with van der Waals surface area (Å²) in [5, 5.41) is 12.9. The molecular weight excluding hydrogens is 126 g/mol. The summed E-state index contributed by atoms with van der Waals surface area (Å²) in [6.45, 7) is 5.24. The summed E-state index contributed by atoms with van der Waals surface area (Å²) >= 11 is 0. The van der Waals surface area contributed by atoms with Crippen LogP contribution in [0.4, 0.5) is 0 Å². The van der Waals surface area contributed by atoms with Gasteiger partial charge in [-0.05, 0) is 25.8 Å². The van der Waals surface area contributed by atoms with Crippen molar-refractivity contribution in [1.29, 1.82) is 0 Å². The van der Waals surface area contributed by atoms with Crippen molar-refractivity contribution in [3.63, 3.8) is 0 Å². The molecule has 0 amide bonds. The zero-order valence-corrected chi connectivity index (χ0v) is 6.85. The Balaban J connectivity index is 2.61. The van der Waals surface area contributed by atoms with E-state index >= 15 is 0 Å². The number of aliphatic hydroxyl groups is 1. The van der Waals surface area contributed by atoms with Crippen molar-refractivity contribution in [2.75, 3.05) is 6.54 Å². The van der Waals surface area contributed by atoms with Crippen LogP contribution >= 0.6 is 0 Å². The van der Waals surface area contributed by atoms with Gasteiger partial charge in [0.1, 0.15) is 0 Å². The first-order chi connectivity index (χ1) is 4.75. The van der Waals surface area contributed by atoms with E-state index in [1.165, 1.54) is 0 Å². The van der Waals surface area contributed by atoms with Crippen molar-refractivity contribution in [3.05, 3.63) is 0 Å². The van der Waals surface area contributed by atoms with E-state index in [4.69, 9.17) is 0 Å². The molecule has 1 fully saturated rings. The van der Waals surface area contributed by atoms with E-state index in [0.29, 0.717) is 0 Å². The summed E-state index contributed by atoms with van der Waals surface area (Å²) < 4.78 is 0. The first kappa shape index (κ1) is 8.02. The van der Waals surface area contributed by atoms with Gasteiger partial charge in [-0.1, -0.05) is 13.8 Å². The average Bonchev–Trinajstić information content (AvgIpc) is 2.32. The Bertz CT molecular complexity index is 110. The van der Waals surface area contributed by atoms with Gasteiger partial charge in [0.2, 0.25) is 0 Å². The van der Waals surface area contributed by atoms with E-state index in [-0.39, 0.29) is 11.6 Å². The first-order valence-electron chi connectivity index (χ1n) is 4.18. The third-order valence-corrected chi connectivity index (χ3v) is 2.79. The van der Waals surface area contributed by atoms with Crippen molar-refractivity contribution >= 4 is 0 Å². The molecule has 0 radical (unpaired) electrons. The molecule has 0 aliphatic carbocycles. The average molecular weight is 143 g/mol. The molecule has 0 saturated carbocycles. The topological polar surface area (TPSA) is 32.3 Å². The van der Waals surface area contributed by atoms with Crippen LogP contribution in [-0.2, 0) is 0 Å². The number of rotatable bonds is 2. The minimum atomic E-state index is -0.123. The van der Waals surface area contributed by atoms with Gasteiger partial charge in [0.25, 0.3) is 0 Å². The minimum absolute atomic E-state index is 0.0417. The summed E-state index contributed by atoms with van der Waals surface area (Å²) in [4.78, 5) is 0. The van der Waals surface area contributed by atoms with Crippen molar-refractivity contribution in [3.8, 4) is 0 Å². The van der Waals surface area contributed by atoms with Crippen LogP contribution in [0.25, 0.3) is 0 Å². The van der Waals surface area contributed by atoms with Crippen LogP contribution in [0.1, 0.15) is 33.1 Å². The SMILES string of the molecule is CCC1(CC)NCCC1O. The molecule has 1 unspecified atom stereocenters. The minimum Gasteiger partial charge on any atom is -0.391 e. The van der Waals surface area contributed by atoms with Crippen molar-refractivity contribution in [2.45, 2.75) is 44.8 Å². The van der Waals surface area contributed by atoms with E-state index < -0.39 is 0 Å². The lowest BCUT2D eigenvalue weighted by Gasteiger charge is -2.30. The number of aliphatic hydroxyl groups excluding tert-OH is 1. The molecule has 0 spiro atoms. The van der Waals surface area contributed by atoms with Gasteiger partial charge in [-0.15, -0.1) is 0 Å². The normalized spacial score (nSPS) is 30.9. The van der Waals surface area contributed by atoms with Crippen LogP contribution < -0.4 is 5.32 Å². The highest BCUT2D eigenvalue weighted by atomic mass is 16.3. The molecule has 1 aliphatic heterocycles. The quantitative estimate of drug-likeness (QED) is 0.602. The highest BCUT2D eigenvalue weighted by Crippen LogP contribution is 2.26. The van der Waals surface area contributed by atoms with E-state index in [1.807, 2.05) is 0 Å². The fraction of sp³-hybridized carbons (Fsp3) is 1.00. The Labute approximate surface area is 62.6 Å². The molecular formula is C8H17NO. The standard InChI is InChI=1S/C8H17NO/c1-3-8(4-2)7(10)5-6-9-8/h7,9-10H,3-6H2,1-2H3. The molecule has 1 atom stereocenters. The van der Waals surface area contributed by atoms with E-state index in [0.717, 1.165) is 25.8 Å². The molecule has 10 heavy (non-hydrogen) atoms. The van der Waals surface area contributed by atoms with Crippen LogP contribution in [0.3, 0.4) is 0 Å². The second kappa shape index (κ2) is 2.89. The number of nitrogens with one attached hydrogen (secondary N) is 1. The van der Waals surface area contributed by atoms with Crippen molar-refractivity contribution in [1.82, 2.24) is 5.32 Å². The molecule has 1 heterocycles. The fourth-order valence-electron chi connectivity index (χ4n) is 1.82. The van der Waals surface area contributed by atoms with Gasteiger partial charge in [-0.25, -0.2) is 0 Å². The smallest absolute Gasteiger partial charge is 0.0733 e. The maximum atomic E-state index is 9.58. The zero-order chi connectivity index (χ0) is 7.61. The van der Waals surface area contributed by atoms with E-state index in [9.17, 15) is 5.11 Å². The molecule has 2 N–H and O–H groups in total. The summed E-state index contributed by atoms with van der Waals surface area (Å²) in [5.74, 6) is 0. The molecule has 0 bridgehead atoms. The zero-order valence-electron chi connectivity index (χ0n) is 6.85. The van der Waals surface area contributed by atoms with Crippen LogP contribution in [0, 0.1) is 0 Å². The number of hydrogen-bond donors (Lipinski definition) is 2. The Kier molecular flexibility index (Phi) is 2.32. The van der Waals surface area contributed by atoms with Gasteiger partial charge >= 0.3 is 0 Å². The summed E-state index contributed by atoms with van der Waals surface area (Å²) in [5.41, 5.74) is 0.0417. The molecule has 0 aromatic rings. The van der Waals surface area contributed by atoms with Gasteiger partial charge < -0.3 is 10.4 Å². The predicted octanol–water partition coefficient (Wildman–Crippen LogP) is 0.899. The van der Waals surface area contributed by atoms with Gasteiger partial charge in [-0.2, -0.15) is 0 Å². The fourth-order valence-corrected chi connectivity index (χ4v) is 1.82. The van der Waals surface area contributed by atoms with Crippen molar-refractivity contribution in [2.24, 2.45) is 0 Å². The van der Waals surface area contributed by atoms with Crippen molar-refractivity contribution < 1.29 is 5.11 Å². The first-order valence-corrected chi connectivity index (χ1v) is 4.18. The lowest BCUT2D eigenvalue weighted by molar-refractivity contribution is 0.0913. The Hall–Kier alpha value is -0.0800. The largest absolute Gasteiger partial charge is 0.391 e. The lowest BCUT2D eigenvalue weighted by atomic mass is 9.89. The van der Waals surface area contributed by atoms with Gasteiger partial charge in [-0.3, -0.25) is 0 Å². The Morgan fingerprint density at radius 3 is 2.30 bits per heavy atom. The van der Waals surface area contributed by atoms with E-state index in [1.54, 1.807) is 0 Å². The summed E-state index contributed by atoms with van der Waals surface area (Å²) in [7, 11) is 0. The number of hydrogen-bond acceptors (Lipinski definition) is 2. The van der Waals surface area contributed by atoms with Crippen LogP contribution in [0.15, 0.2) is 0 Å². The van der Waals surface area contributed by atoms with Gasteiger partial charge in [0.15, 0.2) is 0 Å². The third-order valence-electron chi connectivity index (χ3n) is 2.79. The summed E-state index contributed by atoms with van der Waals surface area (Å²) in [6.07, 6.45) is 2.86. The van der Waals surface area contributed by atoms with Gasteiger partial charge in [0.05, 0.1) is 6.10 Å². The van der Waals surface area contributed by atoms with Crippen LogP contribution in [-0.4, -0.2) is 23.3 Å². The maximum absolute atomic E-state index is 9.58. The monoisotopic (exact) mass is 143 g/mol. The summed E-state index contributed by atoms with van der Waals surface area (Å²) in [6, 6.07) is 0. The molecule has 2 heteroatoms. The maximum Gasteiger partial charge on any atom is 0.0733 e. The molecule has 0 aromatic carbocycles. The molecule has 1 rings (SSSR count). The Morgan fingerprint density at radius 1 is 1.50 bits per heavy atom. The lowest BCUT2D eigenvalue weighted by Crippen LogP contribution is -2.46. The molecule has 1 saturated heterocycles. The van der Waals surface area contributed by atoms with Crippen LogP contribution in [0.5, 0.6) is 0 Å². The third kappa shape index (κ3) is 1.06. The molecule has 1 aliphatic rings. The molecule has 60 valence electrons. The molecule has 2 nitrogen and oxygen atoms in total. The highest BCUT2D eigenvalue weighted by molar-refractivity contribution is 4.97. The second-order valence-electron chi connectivity index (χ2n) is 3.09. The van der Waals surface area contributed by atoms with E-state index in [2.05, 4.69) is 19.2 Å². The Morgan fingerprint density at radius 2 is 2.10 bits per heavy atom. The highest BCUT2D eigenvalue weighted by Gasteiger charge is 2.37. The van der Waals surface area contributed by atoms with Crippen LogP contribution in [0.2, 0.25) is 0 Å². The van der Waals surface area contributed by atoms with Gasteiger partial charge in [0, 0.05) is 5.54 Å².